The monoisotopic (exact) mass is 348 g/mol. The number of anilines is 1. The van der Waals surface area contributed by atoms with Crippen LogP contribution in [0.15, 0.2) is 53.4 Å². The van der Waals surface area contributed by atoms with E-state index in [-0.39, 0.29) is 6.04 Å². The van der Waals surface area contributed by atoms with E-state index in [1.165, 1.54) is 0 Å². The van der Waals surface area contributed by atoms with Crippen molar-refractivity contribution < 1.29 is 4.42 Å². The first kappa shape index (κ1) is 16.8. The Morgan fingerprint density at radius 1 is 1.19 bits per heavy atom. The maximum absolute atomic E-state index is 5.75. The van der Waals surface area contributed by atoms with E-state index in [2.05, 4.69) is 35.9 Å². The molecule has 3 aromatic rings. The van der Waals surface area contributed by atoms with Crippen LogP contribution in [0.1, 0.15) is 44.2 Å². The van der Waals surface area contributed by atoms with Crippen LogP contribution in [0.5, 0.6) is 0 Å². The Hall–Kier alpha value is -2.69. The van der Waals surface area contributed by atoms with Crippen molar-refractivity contribution in [3.63, 3.8) is 0 Å². The van der Waals surface area contributed by atoms with Crippen molar-refractivity contribution in [1.29, 1.82) is 0 Å². The Morgan fingerprint density at radius 3 is 2.77 bits per heavy atom. The summed E-state index contributed by atoms with van der Waals surface area (Å²) in [6.45, 7) is 5.42. The summed E-state index contributed by atoms with van der Waals surface area (Å²) in [5.74, 6) is 3.43. The Kier molecular flexibility index (Phi) is 4.69. The fraction of sp³-hybridized carbons (Fsp3) is 0.381. The van der Waals surface area contributed by atoms with E-state index in [0.717, 1.165) is 54.5 Å². The highest BCUT2D eigenvalue weighted by Crippen LogP contribution is 2.37. The first-order valence-corrected chi connectivity index (χ1v) is 9.33. The second-order valence-corrected chi connectivity index (χ2v) is 6.98. The Bertz CT molecular complexity index is 848. The smallest absolute Gasteiger partial charge is 0.161 e. The minimum atomic E-state index is 0.221. The molecule has 5 nitrogen and oxygen atoms in total. The number of piperidine rings is 1. The maximum atomic E-state index is 5.75. The molecule has 2 atom stereocenters. The molecule has 0 saturated carbocycles. The molecule has 1 aliphatic rings. The van der Waals surface area contributed by atoms with E-state index in [1.807, 2.05) is 18.2 Å². The fourth-order valence-electron chi connectivity index (χ4n) is 3.61. The van der Waals surface area contributed by atoms with Crippen molar-refractivity contribution in [3.8, 4) is 11.4 Å². The lowest BCUT2D eigenvalue weighted by Gasteiger charge is -2.38. The maximum Gasteiger partial charge on any atom is 0.161 e. The van der Waals surface area contributed by atoms with Crippen molar-refractivity contribution in [3.05, 3.63) is 60.4 Å². The van der Waals surface area contributed by atoms with Crippen LogP contribution in [0.3, 0.4) is 0 Å². The van der Waals surface area contributed by atoms with Gasteiger partial charge in [0.05, 0.1) is 12.3 Å². The molecule has 4 rings (SSSR count). The van der Waals surface area contributed by atoms with Crippen molar-refractivity contribution >= 4 is 5.82 Å². The molecule has 2 unspecified atom stereocenters. The van der Waals surface area contributed by atoms with Crippen molar-refractivity contribution in [1.82, 2.24) is 15.0 Å². The SMILES string of the molecule is CCc1cc(N2CCC(C)CC2c2ccco2)nc(-c2ccncc2)n1. The zero-order valence-electron chi connectivity index (χ0n) is 15.3. The van der Waals surface area contributed by atoms with Crippen LogP contribution >= 0.6 is 0 Å². The van der Waals surface area contributed by atoms with Gasteiger partial charge in [0.2, 0.25) is 0 Å². The van der Waals surface area contributed by atoms with E-state index in [9.17, 15) is 0 Å². The third-order valence-corrected chi connectivity index (χ3v) is 5.10. The van der Waals surface area contributed by atoms with Gasteiger partial charge in [0.25, 0.3) is 0 Å². The lowest BCUT2D eigenvalue weighted by molar-refractivity contribution is 0.327. The van der Waals surface area contributed by atoms with Gasteiger partial charge in [-0.05, 0) is 49.4 Å². The summed E-state index contributed by atoms with van der Waals surface area (Å²) in [6.07, 6.45) is 8.43. The molecule has 3 aromatic heterocycles. The van der Waals surface area contributed by atoms with Gasteiger partial charge in [0.1, 0.15) is 11.6 Å². The fourth-order valence-corrected chi connectivity index (χ4v) is 3.61. The Balaban J connectivity index is 1.75. The van der Waals surface area contributed by atoms with E-state index < -0.39 is 0 Å². The number of nitrogens with zero attached hydrogens (tertiary/aromatic N) is 4. The zero-order chi connectivity index (χ0) is 17.9. The predicted octanol–water partition coefficient (Wildman–Crippen LogP) is 4.67. The van der Waals surface area contributed by atoms with Crippen LogP contribution in [0.25, 0.3) is 11.4 Å². The quantitative estimate of drug-likeness (QED) is 0.686. The second-order valence-electron chi connectivity index (χ2n) is 6.98. The van der Waals surface area contributed by atoms with E-state index in [1.54, 1.807) is 18.7 Å². The molecule has 1 saturated heterocycles. The van der Waals surface area contributed by atoms with E-state index in [4.69, 9.17) is 14.4 Å². The van der Waals surface area contributed by atoms with Gasteiger partial charge in [-0.15, -0.1) is 0 Å². The first-order chi connectivity index (χ1) is 12.7. The molecule has 0 radical (unpaired) electrons. The highest BCUT2D eigenvalue weighted by molar-refractivity contribution is 5.57. The molecule has 26 heavy (non-hydrogen) atoms. The summed E-state index contributed by atoms with van der Waals surface area (Å²) in [7, 11) is 0. The molecule has 0 bridgehead atoms. The molecular formula is C21H24N4O. The Morgan fingerprint density at radius 2 is 2.04 bits per heavy atom. The zero-order valence-corrected chi connectivity index (χ0v) is 15.3. The number of rotatable bonds is 4. The molecular weight excluding hydrogens is 324 g/mol. The summed E-state index contributed by atoms with van der Waals surface area (Å²) < 4.78 is 5.75. The van der Waals surface area contributed by atoms with Crippen molar-refractivity contribution in [2.24, 2.45) is 5.92 Å². The summed E-state index contributed by atoms with van der Waals surface area (Å²) in [5.41, 5.74) is 2.05. The number of aromatic nitrogens is 3. The predicted molar refractivity (Wildman–Crippen MR) is 102 cm³/mol. The van der Waals surface area contributed by atoms with E-state index in [0.29, 0.717) is 5.92 Å². The molecule has 0 aliphatic carbocycles. The number of furan rings is 1. The van der Waals surface area contributed by atoms with Gasteiger partial charge in [0.15, 0.2) is 5.82 Å². The molecule has 134 valence electrons. The van der Waals surface area contributed by atoms with Crippen LogP contribution < -0.4 is 4.90 Å². The van der Waals surface area contributed by atoms with Crippen LogP contribution in [0.4, 0.5) is 5.82 Å². The third-order valence-electron chi connectivity index (χ3n) is 5.10. The Labute approximate surface area is 154 Å². The van der Waals surface area contributed by atoms with E-state index >= 15 is 0 Å². The number of pyridine rings is 1. The molecule has 0 spiro atoms. The van der Waals surface area contributed by atoms with Crippen molar-refractivity contribution in [2.75, 3.05) is 11.4 Å². The largest absolute Gasteiger partial charge is 0.467 e. The summed E-state index contributed by atoms with van der Waals surface area (Å²) >= 11 is 0. The first-order valence-electron chi connectivity index (χ1n) is 9.33. The summed E-state index contributed by atoms with van der Waals surface area (Å²) in [4.78, 5) is 16.1. The van der Waals surface area contributed by atoms with Gasteiger partial charge in [0, 0.05) is 36.3 Å². The minimum absolute atomic E-state index is 0.221. The topological polar surface area (TPSA) is 55.1 Å². The van der Waals surface area contributed by atoms with Gasteiger partial charge in [-0.2, -0.15) is 0 Å². The lowest BCUT2D eigenvalue weighted by Crippen LogP contribution is -2.36. The van der Waals surface area contributed by atoms with Crippen LogP contribution in [-0.4, -0.2) is 21.5 Å². The highest BCUT2D eigenvalue weighted by Gasteiger charge is 2.31. The number of hydrogen-bond donors (Lipinski definition) is 0. The van der Waals surface area contributed by atoms with Gasteiger partial charge in [-0.3, -0.25) is 4.98 Å². The standard InChI is InChI=1S/C21H24N4O/c1-3-17-14-20(24-21(23-17)16-6-9-22-10-7-16)25-11-8-15(2)13-18(25)19-5-4-12-26-19/h4-7,9-10,12,14-15,18H,3,8,11,13H2,1-2H3. The molecule has 0 aromatic carbocycles. The molecule has 0 amide bonds. The van der Waals surface area contributed by atoms with Gasteiger partial charge >= 0.3 is 0 Å². The minimum Gasteiger partial charge on any atom is -0.467 e. The van der Waals surface area contributed by atoms with Crippen LogP contribution in [-0.2, 0) is 6.42 Å². The molecule has 1 aliphatic heterocycles. The molecule has 1 fully saturated rings. The van der Waals surface area contributed by atoms with Crippen LogP contribution in [0.2, 0.25) is 0 Å². The normalized spacial score (nSPS) is 20.3. The van der Waals surface area contributed by atoms with Gasteiger partial charge in [-0.25, -0.2) is 9.97 Å². The van der Waals surface area contributed by atoms with Gasteiger partial charge < -0.3 is 9.32 Å². The molecule has 0 N–H and O–H groups in total. The average molecular weight is 348 g/mol. The summed E-state index contributed by atoms with van der Waals surface area (Å²) in [6, 6.07) is 10.3. The highest BCUT2D eigenvalue weighted by atomic mass is 16.3. The number of aryl methyl sites for hydroxylation is 1. The molecule has 4 heterocycles. The average Bonchev–Trinajstić information content (AvgIpc) is 3.23. The summed E-state index contributed by atoms with van der Waals surface area (Å²) in [5, 5.41) is 0. The lowest BCUT2D eigenvalue weighted by atomic mass is 9.91. The number of hydrogen-bond acceptors (Lipinski definition) is 5. The third kappa shape index (κ3) is 3.34. The molecule has 5 heteroatoms. The second kappa shape index (κ2) is 7.28. The van der Waals surface area contributed by atoms with Crippen LogP contribution in [0, 0.1) is 5.92 Å². The van der Waals surface area contributed by atoms with Crippen molar-refractivity contribution in [2.45, 2.75) is 39.2 Å². The van der Waals surface area contributed by atoms with Gasteiger partial charge in [-0.1, -0.05) is 13.8 Å².